The maximum Gasteiger partial charge on any atom is 0.303 e. The minimum absolute atomic E-state index is 0.144. The Kier molecular flexibility index (Phi) is 8.69. The summed E-state index contributed by atoms with van der Waals surface area (Å²) in [4.78, 5) is 15.9. The van der Waals surface area contributed by atoms with Gasteiger partial charge >= 0.3 is 5.97 Å². The van der Waals surface area contributed by atoms with Gasteiger partial charge in [0, 0.05) is 24.2 Å². The minimum Gasteiger partial charge on any atom is -0.487 e. The van der Waals surface area contributed by atoms with E-state index >= 15 is 0 Å². The van der Waals surface area contributed by atoms with Crippen LogP contribution in [0.5, 0.6) is 5.75 Å². The summed E-state index contributed by atoms with van der Waals surface area (Å²) in [6.07, 6.45) is 0.684. The molecule has 3 aromatic rings. The second-order valence-corrected chi connectivity index (χ2v) is 7.20. The van der Waals surface area contributed by atoms with Gasteiger partial charge in [0.15, 0.2) is 0 Å². The zero-order valence-corrected chi connectivity index (χ0v) is 18.2. The van der Waals surface area contributed by atoms with E-state index in [1.807, 2.05) is 85.8 Å². The molecule has 6 nitrogen and oxygen atoms in total. The van der Waals surface area contributed by atoms with Gasteiger partial charge in [-0.25, -0.2) is 0 Å². The van der Waals surface area contributed by atoms with Crippen LogP contribution in [0.3, 0.4) is 0 Å². The fourth-order valence-electron chi connectivity index (χ4n) is 3.04. The van der Waals surface area contributed by atoms with Gasteiger partial charge in [-0.2, -0.15) is 0 Å². The normalized spacial score (nSPS) is 11.1. The molecule has 0 aliphatic carbocycles. The Morgan fingerprint density at radius 1 is 0.938 bits per heavy atom. The first-order valence-corrected chi connectivity index (χ1v) is 10.6. The summed E-state index contributed by atoms with van der Waals surface area (Å²) in [7, 11) is 0. The average molecular weight is 433 g/mol. The lowest BCUT2D eigenvalue weighted by Crippen LogP contribution is -2.13. The number of hydrogen-bond acceptors (Lipinski definition) is 5. The number of carbonyl (C=O) groups is 1. The SMILES string of the molecule is CCON=C(COc1ccc(CNc2ccc(CCC(=O)O)cc2)cc1)c1ccccc1. The van der Waals surface area contributed by atoms with Crippen molar-refractivity contribution in [3.8, 4) is 5.75 Å². The van der Waals surface area contributed by atoms with Gasteiger partial charge in [0.05, 0.1) is 0 Å². The van der Waals surface area contributed by atoms with Gasteiger partial charge in [-0.1, -0.05) is 59.8 Å². The van der Waals surface area contributed by atoms with Crippen LogP contribution in [0.4, 0.5) is 5.69 Å². The van der Waals surface area contributed by atoms with Crippen LogP contribution in [0.15, 0.2) is 84.0 Å². The van der Waals surface area contributed by atoms with Crippen molar-refractivity contribution in [2.45, 2.75) is 26.3 Å². The van der Waals surface area contributed by atoms with Crippen LogP contribution in [0.25, 0.3) is 0 Å². The van der Waals surface area contributed by atoms with Gasteiger partial charge in [0.1, 0.15) is 24.7 Å². The van der Waals surface area contributed by atoms with E-state index in [-0.39, 0.29) is 6.42 Å². The molecule has 0 fully saturated rings. The van der Waals surface area contributed by atoms with E-state index in [0.717, 1.165) is 33.8 Å². The molecule has 0 heterocycles. The van der Waals surface area contributed by atoms with Crippen LogP contribution in [0.2, 0.25) is 0 Å². The number of ether oxygens (including phenoxy) is 1. The molecule has 0 aromatic heterocycles. The molecule has 6 heteroatoms. The Balaban J connectivity index is 1.50. The summed E-state index contributed by atoms with van der Waals surface area (Å²) in [5.74, 6) is -0.0193. The highest BCUT2D eigenvalue weighted by molar-refractivity contribution is 6.01. The number of anilines is 1. The van der Waals surface area contributed by atoms with Gasteiger partial charge in [0.25, 0.3) is 0 Å². The van der Waals surface area contributed by atoms with Crippen molar-refractivity contribution in [2.24, 2.45) is 5.16 Å². The van der Waals surface area contributed by atoms with Crippen LogP contribution in [-0.2, 0) is 22.6 Å². The largest absolute Gasteiger partial charge is 0.487 e. The van der Waals surface area contributed by atoms with Crippen molar-refractivity contribution in [3.63, 3.8) is 0 Å². The van der Waals surface area contributed by atoms with Gasteiger partial charge in [-0.15, -0.1) is 0 Å². The van der Waals surface area contributed by atoms with Crippen LogP contribution in [0, 0.1) is 0 Å². The van der Waals surface area contributed by atoms with Gasteiger partial charge < -0.3 is 20.0 Å². The van der Waals surface area contributed by atoms with Gasteiger partial charge in [0.2, 0.25) is 0 Å². The molecule has 0 spiro atoms. The third-order valence-electron chi connectivity index (χ3n) is 4.79. The van der Waals surface area contributed by atoms with Crippen molar-refractivity contribution in [3.05, 3.63) is 95.6 Å². The molecule has 0 saturated heterocycles. The molecule has 32 heavy (non-hydrogen) atoms. The van der Waals surface area contributed by atoms with E-state index in [9.17, 15) is 4.79 Å². The molecule has 0 bridgehead atoms. The number of aliphatic carboxylic acids is 1. The van der Waals surface area contributed by atoms with Crippen LogP contribution in [0.1, 0.15) is 30.0 Å². The Morgan fingerprint density at radius 2 is 1.62 bits per heavy atom. The van der Waals surface area contributed by atoms with Crippen molar-refractivity contribution in [1.29, 1.82) is 0 Å². The molecule has 2 N–H and O–H groups in total. The maximum absolute atomic E-state index is 10.7. The molecule has 166 valence electrons. The molecule has 0 amide bonds. The molecule has 0 atom stereocenters. The number of carboxylic acid groups (broad SMARTS) is 1. The lowest BCUT2D eigenvalue weighted by molar-refractivity contribution is -0.136. The third kappa shape index (κ3) is 7.47. The van der Waals surface area contributed by atoms with Crippen molar-refractivity contribution >= 4 is 17.4 Å². The average Bonchev–Trinajstić information content (AvgIpc) is 2.83. The van der Waals surface area contributed by atoms with E-state index < -0.39 is 5.97 Å². The number of carboxylic acids is 1. The van der Waals surface area contributed by atoms with E-state index in [2.05, 4.69) is 10.5 Å². The topological polar surface area (TPSA) is 80.2 Å². The molecule has 0 aliphatic rings. The van der Waals surface area contributed by atoms with E-state index in [1.165, 1.54) is 0 Å². The van der Waals surface area contributed by atoms with E-state index in [4.69, 9.17) is 14.7 Å². The maximum atomic E-state index is 10.7. The standard InChI is InChI=1S/C26H28N2O4/c1-2-32-28-25(22-6-4-3-5-7-22)19-31-24-15-10-21(11-16-24)18-27-23-13-8-20(9-14-23)12-17-26(29)30/h3-11,13-16,27H,2,12,17-19H2,1H3,(H,29,30). The second-order valence-electron chi connectivity index (χ2n) is 7.20. The molecule has 3 aromatic carbocycles. The highest BCUT2D eigenvalue weighted by atomic mass is 16.6. The Hall–Kier alpha value is -3.80. The number of aryl methyl sites for hydroxylation is 1. The van der Waals surface area contributed by atoms with Crippen LogP contribution >= 0.6 is 0 Å². The minimum atomic E-state index is -0.780. The number of oxime groups is 1. The second kappa shape index (κ2) is 12.2. The molecule has 3 rings (SSSR count). The van der Waals surface area contributed by atoms with E-state index in [1.54, 1.807) is 0 Å². The molecular formula is C26H28N2O4. The number of benzene rings is 3. The fourth-order valence-corrected chi connectivity index (χ4v) is 3.04. The van der Waals surface area contributed by atoms with Crippen molar-refractivity contribution < 1.29 is 19.5 Å². The summed E-state index contributed by atoms with van der Waals surface area (Å²) in [5.41, 5.74) is 4.84. The van der Waals surface area contributed by atoms with Gasteiger partial charge in [-0.05, 0) is 48.7 Å². The van der Waals surface area contributed by atoms with Gasteiger partial charge in [-0.3, -0.25) is 4.79 Å². The highest BCUT2D eigenvalue weighted by Crippen LogP contribution is 2.16. The fraction of sp³-hybridized carbons (Fsp3) is 0.231. The predicted molar refractivity (Wildman–Crippen MR) is 126 cm³/mol. The monoisotopic (exact) mass is 432 g/mol. The molecule has 0 aliphatic heterocycles. The molecule has 0 unspecified atom stereocenters. The van der Waals surface area contributed by atoms with Crippen LogP contribution < -0.4 is 10.1 Å². The smallest absolute Gasteiger partial charge is 0.303 e. The first-order valence-electron chi connectivity index (χ1n) is 10.6. The molecule has 0 saturated carbocycles. The molecular weight excluding hydrogens is 404 g/mol. The quantitative estimate of drug-likeness (QED) is 0.306. The number of hydrogen-bond donors (Lipinski definition) is 2. The number of rotatable bonds is 12. The zero-order chi connectivity index (χ0) is 22.6. The number of nitrogens with zero attached hydrogens (tertiary/aromatic N) is 1. The van der Waals surface area contributed by atoms with Crippen molar-refractivity contribution in [1.82, 2.24) is 0 Å². The first kappa shape index (κ1) is 22.9. The lowest BCUT2D eigenvalue weighted by Gasteiger charge is -2.11. The Morgan fingerprint density at radius 3 is 2.28 bits per heavy atom. The predicted octanol–water partition coefficient (Wildman–Crippen LogP) is 5.14. The third-order valence-corrected chi connectivity index (χ3v) is 4.79. The summed E-state index contributed by atoms with van der Waals surface area (Å²) in [6, 6.07) is 25.6. The first-order chi connectivity index (χ1) is 15.6. The zero-order valence-electron chi connectivity index (χ0n) is 18.2. The Labute approximate surface area is 188 Å². The summed E-state index contributed by atoms with van der Waals surface area (Å²) in [6.45, 7) is 3.39. The highest BCUT2D eigenvalue weighted by Gasteiger charge is 2.06. The van der Waals surface area contributed by atoms with Crippen LogP contribution in [-0.4, -0.2) is 30.0 Å². The summed E-state index contributed by atoms with van der Waals surface area (Å²) in [5, 5.41) is 16.3. The van der Waals surface area contributed by atoms with Crippen molar-refractivity contribution in [2.75, 3.05) is 18.5 Å². The van der Waals surface area contributed by atoms with E-state index in [0.29, 0.717) is 26.2 Å². The lowest BCUT2D eigenvalue weighted by atomic mass is 10.1. The Bertz CT molecular complexity index is 1000. The summed E-state index contributed by atoms with van der Waals surface area (Å²) >= 11 is 0. The molecule has 0 radical (unpaired) electrons. The number of nitrogens with one attached hydrogen (secondary N) is 1. The summed E-state index contributed by atoms with van der Waals surface area (Å²) < 4.78 is 5.92.